The minimum absolute atomic E-state index is 0.0706. The number of sulfonamides is 1. The number of hydrogen-bond acceptors (Lipinski definition) is 3. The van der Waals surface area contributed by atoms with Crippen LogP contribution in [-0.2, 0) is 10.0 Å². The van der Waals surface area contributed by atoms with Crippen LogP contribution in [0.3, 0.4) is 0 Å². The lowest BCUT2D eigenvalue weighted by Crippen LogP contribution is -2.39. The second-order valence-corrected chi connectivity index (χ2v) is 5.70. The lowest BCUT2D eigenvalue weighted by atomic mass is 10.0. The van der Waals surface area contributed by atoms with Gasteiger partial charge in [0.2, 0.25) is 10.0 Å². The second-order valence-electron chi connectivity index (χ2n) is 3.65. The molecule has 0 aromatic heterocycles. The van der Waals surface area contributed by atoms with Crippen LogP contribution in [0, 0.1) is 5.41 Å². The molecule has 1 aliphatic rings. The van der Waals surface area contributed by atoms with E-state index in [2.05, 4.69) is 4.72 Å². The summed E-state index contributed by atoms with van der Waals surface area (Å²) >= 11 is 0. The van der Waals surface area contributed by atoms with E-state index >= 15 is 0 Å². The van der Waals surface area contributed by atoms with Gasteiger partial charge in [0.05, 0.1) is 11.8 Å². The molecule has 0 aromatic carbocycles. The Kier molecular flexibility index (Phi) is 3.88. The van der Waals surface area contributed by atoms with Crippen LogP contribution < -0.4 is 10.5 Å². The first-order valence-electron chi connectivity index (χ1n) is 4.84. The van der Waals surface area contributed by atoms with Gasteiger partial charge in [-0.25, -0.2) is 13.1 Å². The van der Waals surface area contributed by atoms with Crippen molar-refractivity contribution in [1.82, 2.24) is 4.72 Å². The summed E-state index contributed by atoms with van der Waals surface area (Å²) < 4.78 is 25.6. The van der Waals surface area contributed by atoms with Crippen molar-refractivity contribution in [1.29, 1.82) is 5.41 Å². The molecule has 5 nitrogen and oxygen atoms in total. The maximum atomic E-state index is 11.6. The molecule has 0 aliphatic heterocycles. The first-order chi connectivity index (χ1) is 6.52. The summed E-state index contributed by atoms with van der Waals surface area (Å²) in [5.74, 6) is -0.149. The van der Waals surface area contributed by atoms with Crippen LogP contribution in [-0.4, -0.2) is 26.0 Å². The molecule has 82 valence electrons. The molecule has 6 heteroatoms. The van der Waals surface area contributed by atoms with Gasteiger partial charge in [0.25, 0.3) is 0 Å². The van der Waals surface area contributed by atoms with Crippen molar-refractivity contribution in [3.63, 3.8) is 0 Å². The maximum absolute atomic E-state index is 11.6. The van der Waals surface area contributed by atoms with Gasteiger partial charge in [-0.15, -0.1) is 0 Å². The minimum Gasteiger partial charge on any atom is -0.387 e. The van der Waals surface area contributed by atoms with Crippen molar-refractivity contribution in [2.45, 2.75) is 37.4 Å². The van der Waals surface area contributed by atoms with E-state index in [4.69, 9.17) is 11.1 Å². The molecule has 1 rings (SSSR count). The van der Waals surface area contributed by atoms with Crippen LogP contribution in [0.25, 0.3) is 0 Å². The molecule has 0 aromatic rings. The molecule has 1 fully saturated rings. The van der Waals surface area contributed by atoms with Gasteiger partial charge in [0.15, 0.2) is 0 Å². The topological polar surface area (TPSA) is 96.0 Å². The fourth-order valence-electron chi connectivity index (χ4n) is 1.67. The van der Waals surface area contributed by atoms with Crippen molar-refractivity contribution in [2.24, 2.45) is 5.73 Å². The Balaban J connectivity index is 2.50. The van der Waals surface area contributed by atoms with Gasteiger partial charge in [-0.3, -0.25) is 5.41 Å². The fraction of sp³-hybridized carbons (Fsp3) is 0.875. The summed E-state index contributed by atoms with van der Waals surface area (Å²) in [5, 5.41) is 6.66. The van der Waals surface area contributed by atoms with Crippen molar-refractivity contribution < 1.29 is 8.42 Å². The van der Waals surface area contributed by atoms with Crippen molar-refractivity contribution in [2.75, 3.05) is 6.54 Å². The summed E-state index contributed by atoms with van der Waals surface area (Å²) in [6.07, 6.45) is 4.54. The minimum atomic E-state index is -3.25. The second kappa shape index (κ2) is 4.75. The van der Waals surface area contributed by atoms with E-state index in [0.29, 0.717) is 0 Å². The maximum Gasteiger partial charge on any atom is 0.214 e. The predicted molar refractivity (Wildman–Crippen MR) is 55.7 cm³/mol. The molecule has 0 heterocycles. The highest BCUT2D eigenvalue weighted by molar-refractivity contribution is 7.90. The van der Waals surface area contributed by atoms with Crippen molar-refractivity contribution >= 4 is 15.9 Å². The largest absolute Gasteiger partial charge is 0.387 e. The van der Waals surface area contributed by atoms with Crippen LogP contribution in [0.15, 0.2) is 0 Å². The van der Waals surface area contributed by atoms with E-state index in [9.17, 15) is 8.42 Å². The molecule has 0 spiro atoms. The van der Waals surface area contributed by atoms with E-state index < -0.39 is 10.0 Å². The van der Waals surface area contributed by atoms with Gasteiger partial charge in [0, 0.05) is 0 Å². The summed E-state index contributed by atoms with van der Waals surface area (Å²) in [4.78, 5) is 0. The highest BCUT2D eigenvalue weighted by atomic mass is 32.2. The number of hydrogen-bond donors (Lipinski definition) is 3. The average Bonchev–Trinajstić information content (AvgIpc) is 2.16. The highest BCUT2D eigenvalue weighted by Crippen LogP contribution is 2.22. The van der Waals surface area contributed by atoms with Crippen molar-refractivity contribution in [3.8, 4) is 0 Å². The van der Waals surface area contributed by atoms with Gasteiger partial charge in [-0.1, -0.05) is 19.3 Å². The monoisotopic (exact) mass is 219 g/mol. The van der Waals surface area contributed by atoms with Crippen molar-refractivity contribution in [3.05, 3.63) is 0 Å². The zero-order valence-electron chi connectivity index (χ0n) is 8.12. The third-order valence-corrected chi connectivity index (χ3v) is 4.35. The van der Waals surface area contributed by atoms with Crippen LogP contribution in [0.1, 0.15) is 32.1 Å². The van der Waals surface area contributed by atoms with E-state index in [1.54, 1.807) is 0 Å². The van der Waals surface area contributed by atoms with Gasteiger partial charge in [-0.2, -0.15) is 0 Å². The smallest absolute Gasteiger partial charge is 0.214 e. The molecular weight excluding hydrogens is 202 g/mol. The molecule has 1 saturated carbocycles. The van der Waals surface area contributed by atoms with Gasteiger partial charge in [0.1, 0.15) is 5.84 Å². The number of nitrogens with two attached hydrogens (primary N) is 1. The van der Waals surface area contributed by atoms with Gasteiger partial charge >= 0.3 is 0 Å². The third kappa shape index (κ3) is 3.26. The van der Waals surface area contributed by atoms with E-state index in [1.807, 2.05) is 0 Å². The zero-order chi connectivity index (χ0) is 10.6. The van der Waals surface area contributed by atoms with Crippen LogP contribution in [0.2, 0.25) is 0 Å². The molecule has 14 heavy (non-hydrogen) atoms. The molecular formula is C8H17N3O2S. The number of nitrogens with one attached hydrogen (secondary N) is 2. The predicted octanol–water partition coefficient (Wildman–Crippen LogP) is 0.174. The van der Waals surface area contributed by atoms with Gasteiger partial charge in [-0.05, 0) is 12.8 Å². The van der Waals surface area contributed by atoms with Crippen LogP contribution in [0.4, 0.5) is 0 Å². The Morgan fingerprint density at radius 2 is 1.93 bits per heavy atom. The standard InChI is InChI=1S/C8H17N3O2S/c9-8(10)6-11-14(12,13)7-4-2-1-3-5-7/h7,11H,1-6H2,(H3,9,10). The molecule has 0 radical (unpaired) electrons. The molecule has 4 N–H and O–H groups in total. The molecule has 0 bridgehead atoms. The average molecular weight is 219 g/mol. The van der Waals surface area contributed by atoms with E-state index in [1.165, 1.54) is 0 Å². The van der Waals surface area contributed by atoms with E-state index in [0.717, 1.165) is 32.1 Å². The number of amidine groups is 1. The Labute approximate surface area is 84.6 Å². The first kappa shape index (κ1) is 11.5. The molecule has 0 atom stereocenters. The lowest BCUT2D eigenvalue weighted by molar-refractivity contribution is 0.479. The Morgan fingerprint density at radius 1 is 1.36 bits per heavy atom. The van der Waals surface area contributed by atoms with Gasteiger partial charge < -0.3 is 5.73 Å². The van der Waals surface area contributed by atoms with Crippen LogP contribution >= 0.6 is 0 Å². The summed E-state index contributed by atoms with van der Waals surface area (Å²) in [7, 11) is -3.25. The molecule has 0 saturated heterocycles. The molecule has 0 amide bonds. The Hall–Kier alpha value is -0.620. The van der Waals surface area contributed by atoms with Crippen LogP contribution in [0.5, 0.6) is 0 Å². The first-order valence-corrected chi connectivity index (χ1v) is 6.38. The van der Waals surface area contributed by atoms with E-state index in [-0.39, 0.29) is 17.6 Å². The summed E-state index contributed by atoms with van der Waals surface area (Å²) in [6.45, 7) is -0.0706. The molecule has 1 aliphatic carbocycles. The molecule has 0 unspecified atom stereocenters. The summed E-state index contributed by atoms with van der Waals surface area (Å²) in [6, 6.07) is 0. The Morgan fingerprint density at radius 3 is 2.43 bits per heavy atom. The highest BCUT2D eigenvalue weighted by Gasteiger charge is 2.26. The Bertz CT molecular complexity index is 294. The lowest BCUT2D eigenvalue weighted by Gasteiger charge is -2.21. The third-order valence-electron chi connectivity index (χ3n) is 2.45. The SMILES string of the molecule is N=C(N)CNS(=O)(=O)C1CCCCC1. The fourth-order valence-corrected chi connectivity index (χ4v) is 3.22. The number of rotatable bonds is 4. The summed E-state index contributed by atoms with van der Waals surface area (Å²) in [5.41, 5.74) is 5.09. The quantitative estimate of drug-likeness (QED) is 0.464. The normalized spacial score (nSPS) is 19.4. The zero-order valence-corrected chi connectivity index (χ0v) is 8.94.